The number of dihydropyridines is 1. The van der Waals surface area contributed by atoms with Gasteiger partial charge in [0.25, 0.3) is 5.91 Å². The summed E-state index contributed by atoms with van der Waals surface area (Å²) in [6.45, 7) is 9.04. The van der Waals surface area contributed by atoms with Gasteiger partial charge in [-0.1, -0.05) is 30.3 Å². The van der Waals surface area contributed by atoms with Gasteiger partial charge in [0.2, 0.25) is 0 Å². The molecule has 128 valence electrons. The van der Waals surface area contributed by atoms with Gasteiger partial charge in [-0.3, -0.25) is 4.79 Å². The van der Waals surface area contributed by atoms with Crippen LogP contribution in [0.4, 0.5) is 0 Å². The summed E-state index contributed by atoms with van der Waals surface area (Å²) in [4.78, 5) is 12.4. The Bertz CT molecular complexity index is 668. The van der Waals surface area contributed by atoms with E-state index in [1.807, 2.05) is 32.2 Å². The largest absolute Gasteiger partial charge is 0.387 e. The third-order valence-corrected chi connectivity index (χ3v) is 4.26. The van der Waals surface area contributed by atoms with E-state index in [9.17, 15) is 4.79 Å². The van der Waals surface area contributed by atoms with Gasteiger partial charge in [0.15, 0.2) is 0 Å². The molecule has 1 atom stereocenters. The number of rotatable bonds is 6. The lowest BCUT2D eigenvalue weighted by Gasteiger charge is -2.11. The number of allylic oxidation sites excluding steroid dienone is 5. The molecule has 0 bridgehead atoms. The Morgan fingerprint density at radius 2 is 2.33 bits per heavy atom. The number of halogens is 1. The zero-order chi connectivity index (χ0) is 17.5. The standard InChI is InChI=1S/C19H24ClN3O/c1-4-5-16(20)12-17-13(2)18(23-14(17)3)19(24)22-11-8-15-6-9-21-10-7-15/h4-7,9,12,14,21,23H,1,8,10-11H2,2-3H3,(H,22,24)/b16-5+,17-12-. The normalized spacial score (nSPS) is 22.1. The van der Waals surface area contributed by atoms with E-state index < -0.39 is 0 Å². The summed E-state index contributed by atoms with van der Waals surface area (Å²) in [5.41, 5.74) is 3.80. The van der Waals surface area contributed by atoms with E-state index in [1.165, 1.54) is 5.57 Å². The summed E-state index contributed by atoms with van der Waals surface area (Å²) in [7, 11) is 0. The average molecular weight is 346 g/mol. The molecule has 4 nitrogen and oxygen atoms in total. The Kier molecular flexibility index (Phi) is 6.50. The van der Waals surface area contributed by atoms with E-state index in [2.05, 4.69) is 28.6 Å². The van der Waals surface area contributed by atoms with Crippen molar-refractivity contribution in [2.24, 2.45) is 0 Å². The molecule has 0 fully saturated rings. The molecule has 3 N–H and O–H groups in total. The predicted octanol–water partition coefficient (Wildman–Crippen LogP) is 3.04. The predicted molar refractivity (Wildman–Crippen MR) is 100 cm³/mol. The van der Waals surface area contributed by atoms with E-state index in [0.29, 0.717) is 17.3 Å². The van der Waals surface area contributed by atoms with Crippen molar-refractivity contribution in [1.29, 1.82) is 0 Å². The molecule has 0 aromatic carbocycles. The SMILES string of the molecule is C=C/C=C(Cl)\C=C1\C(C)=C(C(=O)NCCC2=CCNC=C2)NC1C. The summed E-state index contributed by atoms with van der Waals surface area (Å²) in [6, 6.07) is 0.0489. The highest BCUT2D eigenvalue weighted by atomic mass is 35.5. The van der Waals surface area contributed by atoms with Gasteiger partial charge in [0.1, 0.15) is 5.70 Å². The summed E-state index contributed by atoms with van der Waals surface area (Å²) in [6.07, 6.45) is 12.2. The zero-order valence-corrected chi connectivity index (χ0v) is 14.9. The second-order valence-electron chi connectivity index (χ2n) is 5.78. The maximum absolute atomic E-state index is 12.4. The van der Waals surface area contributed by atoms with Crippen LogP contribution in [0.2, 0.25) is 0 Å². The van der Waals surface area contributed by atoms with Crippen LogP contribution in [0.5, 0.6) is 0 Å². The van der Waals surface area contributed by atoms with E-state index in [-0.39, 0.29) is 11.9 Å². The minimum Gasteiger partial charge on any atom is -0.387 e. The molecule has 1 unspecified atom stereocenters. The first kappa shape index (κ1) is 18.1. The van der Waals surface area contributed by atoms with Gasteiger partial charge in [-0.15, -0.1) is 0 Å². The van der Waals surface area contributed by atoms with Gasteiger partial charge in [0, 0.05) is 24.2 Å². The second kappa shape index (κ2) is 8.60. The van der Waals surface area contributed by atoms with Crippen LogP contribution in [0, 0.1) is 0 Å². The van der Waals surface area contributed by atoms with Crippen molar-refractivity contribution < 1.29 is 4.79 Å². The van der Waals surface area contributed by atoms with Gasteiger partial charge in [-0.2, -0.15) is 0 Å². The van der Waals surface area contributed by atoms with Gasteiger partial charge < -0.3 is 16.0 Å². The van der Waals surface area contributed by atoms with Crippen molar-refractivity contribution in [3.8, 4) is 0 Å². The zero-order valence-electron chi connectivity index (χ0n) is 14.2. The molecule has 0 aromatic rings. The Morgan fingerprint density at radius 3 is 3.00 bits per heavy atom. The highest BCUT2D eigenvalue weighted by molar-refractivity contribution is 6.31. The number of amides is 1. The van der Waals surface area contributed by atoms with Crippen molar-refractivity contribution in [1.82, 2.24) is 16.0 Å². The Labute approximate surface area is 148 Å². The van der Waals surface area contributed by atoms with Gasteiger partial charge in [0.05, 0.1) is 0 Å². The third kappa shape index (κ3) is 4.65. The molecule has 1 amide bonds. The first-order valence-corrected chi connectivity index (χ1v) is 8.45. The van der Waals surface area contributed by atoms with Crippen LogP contribution in [-0.2, 0) is 4.79 Å². The summed E-state index contributed by atoms with van der Waals surface area (Å²) >= 11 is 6.13. The minimum atomic E-state index is -0.0786. The first-order valence-electron chi connectivity index (χ1n) is 8.07. The number of carbonyl (C=O) groups is 1. The Hall–Kier alpha value is -2.20. The van der Waals surface area contributed by atoms with E-state index >= 15 is 0 Å². The number of nitrogens with one attached hydrogen (secondary N) is 3. The third-order valence-electron chi connectivity index (χ3n) is 4.03. The van der Waals surface area contributed by atoms with Crippen molar-refractivity contribution in [3.05, 3.63) is 70.6 Å². The molecule has 0 aromatic heterocycles. The van der Waals surface area contributed by atoms with Crippen LogP contribution in [0.15, 0.2) is 70.6 Å². The molecule has 2 heterocycles. The smallest absolute Gasteiger partial charge is 0.267 e. The molecular weight excluding hydrogens is 322 g/mol. The van der Waals surface area contributed by atoms with Crippen LogP contribution in [0.25, 0.3) is 0 Å². The fraction of sp³-hybridized carbons (Fsp3) is 0.316. The fourth-order valence-corrected chi connectivity index (χ4v) is 2.94. The lowest BCUT2D eigenvalue weighted by atomic mass is 10.0. The van der Waals surface area contributed by atoms with Crippen LogP contribution in [0.1, 0.15) is 20.3 Å². The highest BCUT2D eigenvalue weighted by Crippen LogP contribution is 2.27. The summed E-state index contributed by atoms with van der Waals surface area (Å²) in [5.74, 6) is -0.0786. The number of hydrogen-bond donors (Lipinski definition) is 3. The molecular formula is C19H24ClN3O. The summed E-state index contributed by atoms with van der Waals surface area (Å²) in [5, 5.41) is 9.92. The molecule has 5 heteroatoms. The van der Waals surface area contributed by atoms with E-state index in [4.69, 9.17) is 11.6 Å². The molecule has 0 aliphatic carbocycles. The maximum Gasteiger partial charge on any atom is 0.267 e. The maximum atomic E-state index is 12.4. The topological polar surface area (TPSA) is 53.2 Å². The van der Waals surface area contributed by atoms with Crippen LogP contribution in [-0.4, -0.2) is 25.0 Å². The first-order chi connectivity index (χ1) is 11.5. The Morgan fingerprint density at radius 1 is 1.54 bits per heavy atom. The lowest BCUT2D eigenvalue weighted by molar-refractivity contribution is -0.117. The van der Waals surface area contributed by atoms with Gasteiger partial charge in [-0.05, 0) is 61.4 Å². The molecule has 0 spiro atoms. The van der Waals surface area contributed by atoms with Gasteiger partial charge in [-0.25, -0.2) is 0 Å². The summed E-state index contributed by atoms with van der Waals surface area (Å²) < 4.78 is 0. The molecule has 2 aliphatic heterocycles. The average Bonchev–Trinajstić information content (AvgIpc) is 2.84. The molecule has 0 saturated heterocycles. The van der Waals surface area contributed by atoms with Crippen LogP contribution < -0.4 is 16.0 Å². The molecule has 2 rings (SSSR count). The molecule has 0 saturated carbocycles. The van der Waals surface area contributed by atoms with Crippen molar-refractivity contribution in [3.63, 3.8) is 0 Å². The minimum absolute atomic E-state index is 0.0489. The molecule has 2 aliphatic rings. The number of carbonyl (C=O) groups excluding carboxylic acids is 1. The van der Waals surface area contributed by atoms with Crippen molar-refractivity contribution >= 4 is 17.5 Å². The lowest BCUT2D eigenvalue weighted by Crippen LogP contribution is -2.33. The quantitative estimate of drug-likeness (QED) is 0.648. The fourth-order valence-electron chi connectivity index (χ4n) is 2.74. The van der Waals surface area contributed by atoms with E-state index in [0.717, 1.165) is 24.1 Å². The van der Waals surface area contributed by atoms with E-state index in [1.54, 1.807) is 12.2 Å². The number of hydrogen-bond acceptors (Lipinski definition) is 3. The van der Waals surface area contributed by atoms with Crippen LogP contribution in [0.3, 0.4) is 0 Å². The van der Waals surface area contributed by atoms with Crippen LogP contribution >= 0.6 is 11.6 Å². The highest BCUT2D eigenvalue weighted by Gasteiger charge is 2.26. The van der Waals surface area contributed by atoms with Crippen molar-refractivity contribution in [2.75, 3.05) is 13.1 Å². The molecule has 24 heavy (non-hydrogen) atoms. The second-order valence-corrected chi connectivity index (χ2v) is 6.22. The monoisotopic (exact) mass is 345 g/mol. The van der Waals surface area contributed by atoms with Crippen molar-refractivity contribution in [2.45, 2.75) is 26.3 Å². The Balaban J connectivity index is 1.99. The molecule has 0 radical (unpaired) electrons. The van der Waals surface area contributed by atoms with Gasteiger partial charge >= 0.3 is 0 Å².